The minimum absolute atomic E-state index is 0.0732. The van der Waals surface area contributed by atoms with Crippen molar-refractivity contribution in [3.63, 3.8) is 0 Å². The van der Waals surface area contributed by atoms with Crippen LogP contribution in [0.25, 0.3) is 6.08 Å². The number of allylic oxidation sites excluding steroid dienone is 1. The van der Waals surface area contributed by atoms with Crippen molar-refractivity contribution in [1.29, 1.82) is 0 Å². The van der Waals surface area contributed by atoms with E-state index in [0.29, 0.717) is 50.0 Å². The number of methoxy groups -OCH3 is 2. The van der Waals surface area contributed by atoms with Gasteiger partial charge < -0.3 is 23.7 Å². The Balaban J connectivity index is 1.94. The summed E-state index contributed by atoms with van der Waals surface area (Å²) in [6, 6.07) is 12.1. The van der Waals surface area contributed by atoms with Crippen molar-refractivity contribution in [1.82, 2.24) is 4.57 Å². The van der Waals surface area contributed by atoms with E-state index in [-0.39, 0.29) is 30.5 Å². The van der Waals surface area contributed by atoms with Crippen LogP contribution in [0.1, 0.15) is 51.3 Å². The third-order valence-corrected chi connectivity index (χ3v) is 7.29. The first-order valence-corrected chi connectivity index (χ1v) is 14.4. The Hall–Kier alpha value is -3.89. The number of ether oxygens (including phenoxy) is 5. The lowest BCUT2D eigenvalue weighted by Gasteiger charge is -2.27. The van der Waals surface area contributed by atoms with E-state index < -0.39 is 12.0 Å². The van der Waals surface area contributed by atoms with Crippen LogP contribution in [0, 0.1) is 0 Å². The van der Waals surface area contributed by atoms with Crippen molar-refractivity contribution in [3.05, 3.63) is 84.5 Å². The molecule has 0 radical (unpaired) electrons. The molecule has 2 heterocycles. The average Bonchev–Trinajstić information content (AvgIpc) is 3.25. The molecular formula is C31H36N2O7S. The van der Waals surface area contributed by atoms with Crippen molar-refractivity contribution in [2.75, 3.05) is 34.0 Å². The Morgan fingerprint density at radius 2 is 1.83 bits per heavy atom. The van der Waals surface area contributed by atoms with E-state index in [0.717, 1.165) is 6.42 Å². The Labute approximate surface area is 243 Å². The number of fused-ring (bicyclic) bond motifs is 1. The maximum atomic E-state index is 14.1. The molecule has 1 atom stereocenters. The monoisotopic (exact) mass is 580 g/mol. The van der Waals surface area contributed by atoms with Gasteiger partial charge in [0.15, 0.2) is 16.3 Å². The molecule has 41 heavy (non-hydrogen) atoms. The molecule has 0 spiro atoms. The summed E-state index contributed by atoms with van der Waals surface area (Å²) in [6.45, 7) is 8.45. The highest BCUT2D eigenvalue weighted by atomic mass is 32.1. The summed E-state index contributed by atoms with van der Waals surface area (Å²) in [7, 11) is 3.12. The summed E-state index contributed by atoms with van der Waals surface area (Å²) in [6.07, 6.45) is 2.48. The quantitative estimate of drug-likeness (QED) is 0.236. The van der Waals surface area contributed by atoms with Crippen molar-refractivity contribution < 1.29 is 28.5 Å². The summed E-state index contributed by atoms with van der Waals surface area (Å²) in [5, 5.41) is 0. The number of carbonyl (C=O) groups excluding carboxylic acids is 1. The van der Waals surface area contributed by atoms with Crippen LogP contribution in [0.15, 0.2) is 63.5 Å². The number of benzene rings is 2. The van der Waals surface area contributed by atoms with E-state index in [1.54, 1.807) is 24.7 Å². The zero-order chi connectivity index (χ0) is 29.5. The molecule has 2 aromatic carbocycles. The number of nitrogens with zero attached hydrogens (tertiary/aromatic N) is 2. The van der Waals surface area contributed by atoms with Crippen molar-refractivity contribution in [2.45, 2.75) is 46.3 Å². The van der Waals surface area contributed by atoms with Gasteiger partial charge in [0.25, 0.3) is 5.56 Å². The molecular weight excluding hydrogens is 544 g/mol. The van der Waals surface area contributed by atoms with E-state index in [9.17, 15) is 9.59 Å². The number of hydrogen-bond donors (Lipinski definition) is 0. The molecule has 0 fully saturated rings. The normalized spacial score (nSPS) is 15.0. The van der Waals surface area contributed by atoms with Gasteiger partial charge in [-0.05, 0) is 45.4 Å². The number of carbonyl (C=O) groups is 1. The predicted molar refractivity (Wildman–Crippen MR) is 158 cm³/mol. The smallest absolute Gasteiger partial charge is 0.338 e. The molecule has 0 unspecified atom stereocenters. The predicted octanol–water partition coefficient (Wildman–Crippen LogP) is 4.01. The standard InChI is InChI=1S/C31H36N2O7S/c1-7-15-38-28-21(11-10-14-24(28)37-6)18-25-29(34)33-27(22-12-8-9-13-23(22)40-19(2)3)26(20(4)32-31(33)41-25)30(35)39-17-16-36-5/h8-14,18-19,27H,7,15-17H2,1-6H3/b25-18+/t27-/m1/s1. The Morgan fingerprint density at radius 1 is 1.07 bits per heavy atom. The lowest BCUT2D eigenvalue weighted by Crippen LogP contribution is -2.40. The van der Waals surface area contributed by atoms with Crippen LogP contribution in [0.3, 0.4) is 0 Å². The Morgan fingerprint density at radius 3 is 2.54 bits per heavy atom. The topological polar surface area (TPSA) is 97.6 Å². The van der Waals surface area contributed by atoms with Crippen LogP contribution < -0.4 is 29.1 Å². The third-order valence-electron chi connectivity index (χ3n) is 6.30. The average molecular weight is 581 g/mol. The van der Waals surface area contributed by atoms with Gasteiger partial charge >= 0.3 is 5.97 Å². The number of para-hydroxylation sites is 2. The second-order valence-corrected chi connectivity index (χ2v) is 10.7. The lowest BCUT2D eigenvalue weighted by atomic mass is 9.95. The third kappa shape index (κ3) is 6.55. The molecule has 3 aromatic rings. The summed E-state index contributed by atoms with van der Waals surface area (Å²) >= 11 is 1.24. The van der Waals surface area contributed by atoms with Gasteiger partial charge in [-0.15, -0.1) is 0 Å². The van der Waals surface area contributed by atoms with Gasteiger partial charge in [-0.3, -0.25) is 9.36 Å². The van der Waals surface area contributed by atoms with Crippen LogP contribution in [-0.2, 0) is 14.3 Å². The fourth-order valence-electron chi connectivity index (χ4n) is 4.55. The molecule has 1 aliphatic heterocycles. The van der Waals surface area contributed by atoms with E-state index in [2.05, 4.69) is 4.99 Å². The molecule has 0 amide bonds. The highest BCUT2D eigenvalue weighted by Gasteiger charge is 2.35. The molecule has 0 aliphatic carbocycles. The van der Waals surface area contributed by atoms with E-state index >= 15 is 0 Å². The van der Waals surface area contributed by atoms with Crippen LogP contribution in [-0.4, -0.2) is 50.7 Å². The van der Waals surface area contributed by atoms with E-state index in [1.165, 1.54) is 18.4 Å². The minimum Gasteiger partial charge on any atom is -0.493 e. The molecule has 0 saturated heterocycles. The number of thiazole rings is 1. The molecule has 1 aromatic heterocycles. The second kappa shape index (κ2) is 13.6. The molecule has 1 aliphatic rings. The summed E-state index contributed by atoms with van der Waals surface area (Å²) in [4.78, 5) is 32.7. The zero-order valence-corrected chi connectivity index (χ0v) is 25.1. The van der Waals surface area contributed by atoms with Gasteiger partial charge in [0.05, 0.1) is 42.2 Å². The van der Waals surface area contributed by atoms with Crippen LogP contribution >= 0.6 is 11.3 Å². The van der Waals surface area contributed by atoms with Crippen molar-refractivity contribution in [2.24, 2.45) is 4.99 Å². The van der Waals surface area contributed by atoms with Gasteiger partial charge in [-0.25, -0.2) is 9.79 Å². The Bertz CT molecular complexity index is 1600. The van der Waals surface area contributed by atoms with Crippen LogP contribution in [0.5, 0.6) is 17.2 Å². The SMILES string of the molecule is CCCOc1c(/C=c2/sc3n(c2=O)[C@H](c2ccccc2OC(C)C)C(C(=O)OCCOC)=C(C)N=3)cccc1OC. The molecule has 0 N–H and O–H groups in total. The number of rotatable bonds is 12. The van der Waals surface area contributed by atoms with E-state index in [4.69, 9.17) is 23.7 Å². The first-order valence-electron chi connectivity index (χ1n) is 13.5. The number of aromatic nitrogens is 1. The fraction of sp³-hybridized carbons (Fsp3) is 0.387. The highest BCUT2D eigenvalue weighted by Crippen LogP contribution is 2.36. The van der Waals surface area contributed by atoms with Crippen LogP contribution in [0.2, 0.25) is 0 Å². The zero-order valence-electron chi connectivity index (χ0n) is 24.3. The molecule has 0 bridgehead atoms. The number of esters is 1. The van der Waals surface area contributed by atoms with E-state index in [1.807, 2.05) is 63.2 Å². The molecule has 0 saturated carbocycles. The highest BCUT2D eigenvalue weighted by molar-refractivity contribution is 7.07. The Kier molecular flexibility index (Phi) is 10.0. The van der Waals surface area contributed by atoms with Gasteiger partial charge in [0, 0.05) is 18.2 Å². The summed E-state index contributed by atoms with van der Waals surface area (Å²) in [5.74, 6) is 1.15. The molecule has 10 heteroatoms. The first kappa shape index (κ1) is 30.1. The van der Waals surface area contributed by atoms with Gasteiger partial charge in [0.1, 0.15) is 18.4 Å². The fourth-order valence-corrected chi connectivity index (χ4v) is 5.58. The van der Waals surface area contributed by atoms with Crippen molar-refractivity contribution in [3.8, 4) is 17.2 Å². The van der Waals surface area contributed by atoms with Gasteiger partial charge in [-0.2, -0.15) is 0 Å². The molecule has 9 nitrogen and oxygen atoms in total. The van der Waals surface area contributed by atoms with Crippen LogP contribution in [0.4, 0.5) is 0 Å². The maximum absolute atomic E-state index is 14.1. The molecule has 218 valence electrons. The van der Waals surface area contributed by atoms with Gasteiger partial charge in [-0.1, -0.05) is 48.6 Å². The lowest BCUT2D eigenvalue weighted by molar-refractivity contribution is -0.140. The van der Waals surface area contributed by atoms with Crippen molar-refractivity contribution >= 4 is 23.4 Å². The maximum Gasteiger partial charge on any atom is 0.338 e. The number of hydrogen-bond acceptors (Lipinski definition) is 9. The first-order chi connectivity index (χ1) is 19.8. The molecule has 4 rings (SSSR count). The second-order valence-electron chi connectivity index (χ2n) is 9.64. The minimum atomic E-state index is -0.806. The van der Waals surface area contributed by atoms with Gasteiger partial charge in [0.2, 0.25) is 0 Å². The largest absolute Gasteiger partial charge is 0.493 e. The summed E-state index contributed by atoms with van der Waals surface area (Å²) in [5.41, 5.74) is 1.82. The summed E-state index contributed by atoms with van der Waals surface area (Å²) < 4.78 is 30.2.